The number of rotatable bonds is 3. The highest BCUT2D eigenvalue weighted by molar-refractivity contribution is 5.92. The lowest BCUT2D eigenvalue weighted by Gasteiger charge is -2.30. The van der Waals surface area contributed by atoms with E-state index in [-0.39, 0.29) is 12.8 Å². The van der Waals surface area contributed by atoms with Crippen LogP contribution in [-0.4, -0.2) is 59.9 Å². The molecule has 1 aliphatic rings. The van der Waals surface area contributed by atoms with Crippen molar-refractivity contribution in [3.05, 3.63) is 71.8 Å². The molecule has 3 rings (SSSR count). The van der Waals surface area contributed by atoms with E-state index in [0.29, 0.717) is 11.1 Å². The maximum absolute atomic E-state index is 13.3. The molecule has 214 valence electrons. The minimum Gasteiger partial charge on any atom is -0.457 e. The maximum Gasteiger partial charge on any atom is 0.328 e. The van der Waals surface area contributed by atoms with E-state index in [4.69, 9.17) is 14.2 Å². The van der Waals surface area contributed by atoms with Crippen LogP contribution < -0.4 is 5.32 Å². The Morgan fingerprint density at radius 2 is 1.23 bits per heavy atom. The number of nitrogens with zero attached hydrogens (tertiary/aromatic N) is 1. The Kier molecular flexibility index (Phi) is 10.4. The smallest absolute Gasteiger partial charge is 0.328 e. The molecule has 2 aromatic rings. The van der Waals surface area contributed by atoms with Gasteiger partial charge in [0.05, 0.1) is 12.8 Å². The van der Waals surface area contributed by atoms with Crippen LogP contribution in [0.15, 0.2) is 60.7 Å². The van der Waals surface area contributed by atoms with Crippen LogP contribution in [0.5, 0.6) is 0 Å². The fourth-order valence-corrected chi connectivity index (χ4v) is 4.16. The molecule has 2 aromatic carbocycles. The second-order valence-electron chi connectivity index (χ2n) is 10.1. The molecule has 5 atom stereocenters. The van der Waals surface area contributed by atoms with Gasteiger partial charge < -0.3 is 24.4 Å². The Morgan fingerprint density at radius 1 is 0.750 bits per heavy atom. The fraction of sp³-hybridized carbons (Fsp3) is 0.433. The zero-order valence-corrected chi connectivity index (χ0v) is 23.4. The second kappa shape index (κ2) is 13.7. The normalized spacial score (nSPS) is 25.9. The highest BCUT2D eigenvalue weighted by Crippen LogP contribution is 2.28. The number of cyclic esters (lactones) is 3. The number of benzene rings is 2. The molecule has 1 N–H and O–H groups in total. The van der Waals surface area contributed by atoms with E-state index >= 15 is 0 Å². The van der Waals surface area contributed by atoms with Crippen LogP contribution in [0.25, 0.3) is 0 Å². The highest BCUT2D eigenvalue weighted by Gasteiger charge is 2.36. The number of hydrogen-bond acceptors (Lipinski definition) is 8. The minimum absolute atomic E-state index is 0.332. The van der Waals surface area contributed by atoms with Crippen molar-refractivity contribution >= 4 is 29.7 Å². The molecule has 10 nitrogen and oxygen atoms in total. The van der Waals surface area contributed by atoms with Crippen molar-refractivity contribution in [1.29, 1.82) is 0 Å². The van der Waals surface area contributed by atoms with Crippen LogP contribution in [0, 0.1) is 5.92 Å². The summed E-state index contributed by atoms with van der Waals surface area (Å²) in [5.74, 6) is -3.81. The topological polar surface area (TPSA) is 128 Å². The summed E-state index contributed by atoms with van der Waals surface area (Å²) >= 11 is 0. The first-order chi connectivity index (χ1) is 19.0. The first-order valence-electron chi connectivity index (χ1n) is 13.2. The van der Waals surface area contributed by atoms with Gasteiger partial charge in [-0.05, 0) is 30.9 Å². The Labute approximate surface area is 234 Å². The fourth-order valence-electron chi connectivity index (χ4n) is 4.16. The van der Waals surface area contributed by atoms with Gasteiger partial charge in [-0.15, -0.1) is 0 Å². The molecule has 40 heavy (non-hydrogen) atoms. The lowest BCUT2D eigenvalue weighted by atomic mass is 10.0. The summed E-state index contributed by atoms with van der Waals surface area (Å²) in [5.41, 5.74) is 1.11. The van der Waals surface area contributed by atoms with Gasteiger partial charge in [-0.1, -0.05) is 74.5 Å². The molecule has 0 bridgehead atoms. The van der Waals surface area contributed by atoms with Gasteiger partial charge in [0.2, 0.25) is 5.91 Å². The lowest BCUT2D eigenvalue weighted by molar-refractivity contribution is -0.168. The number of esters is 3. The van der Waals surface area contributed by atoms with Gasteiger partial charge in [-0.3, -0.25) is 19.2 Å². The standard InChI is InChI=1S/C30H36N2O8/c1-18(2)27-29(36)32(5)20(4)28(35)31-19(3)30(37)39-24(22-14-10-7-11-15-22)17-25(33)38-23(16-26(34)40-27)21-12-8-6-9-13-21/h6-15,18-20,23-24,27H,16-17H2,1-5H3,(H,31,35)/t19-,20-,23-,24?,27?/m0/s1. The Bertz CT molecular complexity index is 1200. The summed E-state index contributed by atoms with van der Waals surface area (Å²) in [6, 6.07) is 15.3. The van der Waals surface area contributed by atoms with Gasteiger partial charge in [0.15, 0.2) is 6.10 Å². The van der Waals surface area contributed by atoms with Crippen molar-refractivity contribution in [3.8, 4) is 0 Å². The van der Waals surface area contributed by atoms with Gasteiger partial charge in [-0.2, -0.15) is 0 Å². The zero-order chi connectivity index (χ0) is 29.4. The number of hydrogen-bond donors (Lipinski definition) is 1. The molecule has 0 spiro atoms. The van der Waals surface area contributed by atoms with Crippen molar-refractivity contribution < 1.29 is 38.2 Å². The summed E-state index contributed by atoms with van der Waals surface area (Å²) in [6.45, 7) is 6.39. The summed E-state index contributed by atoms with van der Waals surface area (Å²) in [7, 11) is 1.42. The van der Waals surface area contributed by atoms with Crippen LogP contribution in [0.2, 0.25) is 0 Å². The molecule has 2 unspecified atom stereocenters. The first kappa shape index (κ1) is 30.3. The van der Waals surface area contributed by atoms with E-state index in [1.54, 1.807) is 74.5 Å². The minimum atomic E-state index is -1.18. The monoisotopic (exact) mass is 552 g/mol. The molecule has 1 heterocycles. The van der Waals surface area contributed by atoms with Crippen LogP contribution in [-0.2, 0) is 38.2 Å². The van der Waals surface area contributed by atoms with Crippen molar-refractivity contribution in [3.63, 3.8) is 0 Å². The van der Waals surface area contributed by atoms with Crippen LogP contribution in [0.1, 0.15) is 63.9 Å². The predicted molar refractivity (Wildman–Crippen MR) is 144 cm³/mol. The maximum atomic E-state index is 13.3. The molecule has 1 saturated heterocycles. The Hall–Kier alpha value is -4.21. The Morgan fingerprint density at radius 3 is 1.73 bits per heavy atom. The van der Waals surface area contributed by atoms with Gasteiger partial charge in [0.25, 0.3) is 5.91 Å². The van der Waals surface area contributed by atoms with Crippen LogP contribution in [0.4, 0.5) is 0 Å². The third-order valence-electron chi connectivity index (χ3n) is 6.71. The summed E-state index contributed by atoms with van der Waals surface area (Å²) in [6.07, 6.45) is -3.88. The number of likely N-dealkylation sites (N-methyl/N-ethyl adjacent to an activating group) is 1. The largest absolute Gasteiger partial charge is 0.457 e. The average Bonchev–Trinajstić information content (AvgIpc) is 2.94. The molecule has 10 heteroatoms. The third kappa shape index (κ3) is 7.91. The van der Waals surface area contributed by atoms with E-state index in [0.717, 1.165) is 0 Å². The molecule has 0 radical (unpaired) electrons. The molecule has 0 saturated carbocycles. The summed E-state index contributed by atoms with van der Waals surface area (Å²) in [4.78, 5) is 66.6. The molecular weight excluding hydrogens is 516 g/mol. The van der Waals surface area contributed by atoms with Gasteiger partial charge in [0.1, 0.15) is 24.3 Å². The molecule has 2 amide bonds. The molecule has 1 fully saturated rings. The van der Waals surface area contributed by atoms with Crippen molar-refractivity contribution in [1.82, 2.24) is 10.2 Å². The lowest BCUT2D eigenvalue weighted by Crippen LogP contribution is -2.53. The van der Waals surface area contributed by atoms with Crippen molar-refractivity contribution in [2.75, 3.05) is 7.05 Å². The van der Waals surface area contributed by atoms with E-state index in [2.05, 4.69) is 5.32 Å². The quantitative estimate of drug-likeness (QED) is 0.454. The number of nitrogens with one attached hydrogen (secondary N) is 1. The molecular formula is C30H36N2O8. The number of carbonyl (C=O) groups excluding carboxylic acids is 5. The number of ether oxygens (including phenoxy) is 3. The average molecular weight is 553 g/mol. The van der Waals surface area contributed by atoms with E-state index in [1.807, 2.05) is 0 Å². The zero-order valence-electron chi connectivity index (χ0n) is 23.4. The van der Waals surface area contributed by atoms with Gasteiger partial charge in [-0.25, -0.2) is 4.79 Å². The SMILES string of the molecule is CC(C)C1OC(=O)C[C@@H](c2ccccc2)OC(=O)CC(c2ccccc2)OC(=O)[C@H](C)NC(=O)[C@H](C)N(C)C1=O. The molecule has 0 aromatic heterocycles. The second-order valence-corrected chi connectivity index (χ2v) is 10.1. The van der Waals surface area contributed by atoms with Crippen LogP contribution >= 0.6 is 0 Å². The van der Waals surface area contributed by atoms with Gasteiger partial charge >= 0.3 is 17.9 Å². The van der Waals surface area contributed by atoms with Crippen molar-refractivity contribution in [2.45, 2.75) is 70.9 Å². The third-order valence-corrected chi connectivity index (χ3v) is 6.71. The predicted octanol–water partition coefficient (Wildman–Crippen LogP) is 3.27. The Balaban J connectivity index is 1.99. The van der Waals surface area contributed by atoms with E-state index in [9.17, 15) is 24.0 Å². The number of carbonyl (C=O) groups is 5. The van der Waals surface area contributed by atoms with E-state index in [1.165, 1.54) is 25.8 Å². The van der Waals surface area contributed by atoms with Gasteiger partial charge in [0, 0.05) is 7.05 Å². The molecule has 1 aliphatic heterocycles. The van der Waals surface area contributed by atoms with Crippen LogP contribution in [0.3, 0.4) is 0 Å². The summed E-state index contributed by atoms with van der Waals surface area (Å²) < 4.78 is 17.0. The first-order valence-corrected chi connectivity index (χ1v) is 13.2. The highest BCUT2D eigenvalue weighted by atomic mass is 16.6. The van der Waals surface area contributed by atoms with E-state index < -0.39 is 66.0 Å². The number of amides is 2. The van der Waals surface area contributed by atoms with Crippen molar-refractivity contribution in [2.24, 2.45) is 5.92 Å². The molecule has 0 aliphatic carbocycles. The summed E-state index contributed by atoms with van der Waals surface area (Å²) in [5, 5.41) is 2.56.